The van der Waals surface area contributed by atoms with Crippen molar-refractivity contribution in [2.24, 2.45) is 10.3 Å². The first-order valence-corrected chi connectivity index (χ1v) is 11.0. The molecule has 0 radical (unpaired) electrons. The highest BCUT2D eigenvalue weighted by Crippen LogP contribution is 2.08. The minimum Gasteiger partial charge on any atom is -0.759 e. The number of rotatable bonds is 2. The Morgan fingerprint density at radius 1 is 0.593 bits per heavy atom. The van der Waals surface area contributed by atoms with Gasteiger partial charge in [0.05, 0.1) is 9.79 Å². The summed E-state index contributed by atoms with van der Waals surface area (Å²) < 4.78 is 76.9. The van der Waals surface area contributed by atoms with Gasteiger partial charge in [-0.1, -0.05) is 0 Å². The maximum Gasteiger partial charge on any atom is 0.238 e. The number of benzene rings is 2. The molecule has 0 atom stereocenters. The second-order valence-corrected chi connectivity index (χ2v) is 8.73. The molecule has 0 heterocycles. The molecule has 27 heavy (non-hydrogen) atoms. The molecular weight excluding hydrogens is 424 g/mol. The Morgan fingerprint density at radius 3 is 0.926 bits per heavy atom. The summed E-state index contributed by atoms with van der Waals surface area (Å²) in [7, 11) is -12.3. The number of hydrogen-bond acceptors (Lipinski definition) is 8. The molecule has 15 heteroatoms. The van der Waals surface area contributed by atoms with E-state index in [0.717, 1.165) is 11.4 Å². The average molecular weight is 442 g/mol. The molecule has 0 spiro atoms. The minimum atomic E-state index is -5.17. The monoisotopic (exact) mass is 442 g/mol. The fourth-order valence-electron chi connectivity index (χ4n) is 1.36. The van der Waals surface area contributed by atoms with Crippen molar-refractivity contribution < 1.29 is 45.8 Å². The van der Waals surface area contributed by atoms with Crippen LogP contribution in [0.25, 0.3) is 0 Å². The SMILES string of the molecule is NS(=O)(=O)c1ccc([NH3+])cc1.NS(=O)(=O)c1ccc([NH3+])cc1.O=S(=O)([O-])[O-]. The molecule has 0 saturated carbocycles. The normalized spacial score (nSPS) is 11.5. The Kier molecular flexibility index (Phi) is 9.12. The van der Waals surface area contributed by atoms with E-state index in [1.54, 1.807) is 24.3 Å². The second kappa shape index (κ2) is 9.83. The largest absolute Gasteiger partial charge is 0.759 e. The molecule has 2 aromatic rings. The van der Waals surface area contributed by atoms with E-state index in [-0.39, 0.29) is 9.79 Å². The van der Waals surface area contributed by atoms with Crippen molar-refractivity contribution in [3.63, 3.8) is 0 Å². The van der Waals surface area contributed by atoms with Gasteiger partial charge in [0.25, 0.3) is 0 Å². The zero-order chi connectivity index (χ0) is 21.5. The first-order valence-electron chi connectivity index (χ1n) is 6.56. The summed E-state index contributed by atoms with van der Waals surface area (Å²) >= 11 is 0. The van der Waals surface area contributed by atoms with E-state index in [1.165, 1.54) is 24.3 Å². The predicted molar refractivity (Wildman–Crippen MR) is 91.2 cm³/mol. The Labute approximate surface area is 156 Å². The molecule has 0 fully saturated rings. The first kappa shape index (κ1) is 25.1. The highest BCUT2D eigenvalue weighted by Gasteiger charge is 2.06. The molecule has 0 aliphatic heterocycles. The zero-order valence-corrected chi connectivity index (χ0v) is 16.1. The first-order chi connectivity index (χ1) is 12.0. The molecule has 0 unspecified atom stereocenters. The number of nitrogens with two attached hydrogens (primary N) is 2. The minimum absolute atomic E-state index is 0.116. The molecule has 0 aliphatic carbocycles. The summed E-state index contributed by atoms with van der Waals surface area (Å²) in [4.78, 5) is 0.231. The van der Waals surface area contributed by atoms with Crippen molar-refractivity contribution in [1.82, 2.24) is 0 Å². The molecule has 0 aromatic heterocycles. The van der Waals surface area contributed by atoms with Crippen LogP contribution in [0.15, 0.2) is 58.3 Å². The van der Waals surface area contributed by atoms with Crippen molar-refractivity contribution in [3.8, 4) is 0 Å². The standard InChI is InChI=1S/2C6H8N2O2S.H2O4S/c2*7-5-1-3-6(4-2-5)11(8,9)10;1-5(2,3)4/h2*1-4H,7H2,(H2,8,9,10);(H2,1,2,3,4). The van der Waals surface area contributed by atoms with Gasteiger partial charge in [0, 0.05) is 34.7 Å². The lowest BCUT2D eigenvalue weighted by Gasteiger charge is -2.06. The van der Waals surface area contributed by atoms with Crippen LogP contribution in [-0.4, -0.2) is 34.4 Å². The van der Waals surface area contributed by atoms with Gasteiger partial charge < -0.3 is 20.6 Å². The van der Waals surface area contributed by atoms with Gasteiger partial charge in [-0.25, -0.2) is 27.1 Å². The molecule has 2 rings (SSSR count). The smallest absolute Gasteiger partial charge is 0.238 e. The van der Waals surface area contributed by atoms with Crippen LogP contribution in [0, 0.1) is 0 Å². The van der Waals surface area contributed by atoms with Crippen LogP contribution in [0.4, 0.5) is 11.4 Å². The van der Waals surface area contributed by atoms with E-state index in [9.17, 15) is 16.8 Å². The third-order valence-electron chi connectivity index (χ3n) is 2.50. The Balaban J connectivity index is 0.000000405. The second-order valence-electron chi connectivity index (χ2n) is 4.79. The van der Waals surface area contributed by atoms with Crippen LogP contribution in [0.1, 0.15) is 0 Å². The third-order valence-corrected chi connectivity index (χ3v) is 4.36. The van der Waals surface area contributed by atoms with Crippen LogP contribution < -0.4 is 21.7 Å². The topological polar surface area (TPSA) is 256 Å². The predicted octanol–water partition coefficient (Wildman–Crippen LogP) is -2.92. The van der Waals surface area contributed by atoms with Crippen molar-refractivity contribution in [2.75, 3.05) is 0 Å². The highest BCUT2D eigenvalue weighted by atomic mass is 32.3. The lowest BCUT2D eigenvalue weighted by Crippen LogP contribution is -2.40. The van der Waals surface area contributed by atoms with Gasteiger partial charge in [-0.2, -0.15) is 0 Å². The average Bonchev–Trinajstić information content (AvgIpc) is 2.45. The number of primary sulfonamides is 2. The van der Waals surface area contributed by atoms with Gasteiger partial charge >= 0.3 is 0 Å². The molecule has 12 nitrogen and oxygen atoms in total. The van der Waals surface area contributed by atoms with Crippen molar-refractivity contribution in [1.29, 1.82) is 0 Å². The fraction of sp³-hybridized carbons (Fsp3) is 0. The van der Waals surface area contributed by atoms with Gasteiger partial charge in [0.2, 0.25) is 20.0 Å². The Bertz CT molecular complexity index is 967. The summed E-state index contributed by atoms with van der Waals surface area (Å²) in [5.41, 5.74) is 8.74. The highest BCUT2D eigenvalue weighted by molar-refractivity contribution is 7.89. The van der Waals surface area contributed by atoms with Crippen LogP contribution in [-0.2, 0) is 30.4 Å². The van der Waals surface area contributed by atoms with Gasteiger partial charge in [0.15, 0.2) is 0 Å². The Hall–Kier alpha value is -1.95. The van der Waals surface area contributed by atoms with Crippen LogP contribution in [0.3, 0.4) is 0 Å². The van der Waals surface area contributed by atoms with Crippen LogP contribution in [0.5, 0.6) is 0 Å². The summed E-state index contributed by atoms with van der Waals surface area (Å²) in [5, 5.41) is 9.72. The van der Waals surface area contributed by atoms with E-state index in [1.807, 2.05) is 0 Å². The van der Waals surface area contributed by atoms with E-state index >= 15 is 0 Å². The maximum atomic E-state index is 10.7. The number of quaternary nitrogens is 2. The molecule has 152 valence electrons. The van der Waals surface area contributed by atoms with E-state index < -0.39 is 30.4 Å². The molecule has 2 aromatic carbocycles. The molecular formula is C12H18N4O8S3. The lowest BCUT2D eigenvalue weighted by atomic mass is 10.3. The van der Waals surface area contributed by atoms with Crippen LogP contribution >= 0.6 is 0 Å². The Morgan fingerprint density at radius 2 is 0.778 bits per heavy atom. The van der Waals surface area contributed by atoms with E-state index in [0.29, 0.717) is 0 Å². The molecule has 10 N–H and O–H groups in total. The van der Waals surface area contributed by atoms with Gasteiger partial charge in [-0.3, -0.25) is 8.42 Å². The van der Waals surface area contributed by atoms with Gasteiger partial charge in [-0.15, -0.1) is 0 Å². The van der Waals surface area contributed by atoms with E-state index in [4.69, 9.17) is 27.8 Å². The quantitative estimate of drug-likeness (QED) is 0.276. The zero-order valence-electron chi connectivity index (χ0n) is 13.7. The third kappa shape index (κ3) is 12.9. The maximum absolute atomic E-state index is 10.7. The van der Waals surface area contributed by atoms with Crippen molar-refractivity contribution in [2.45, 2.75) is 9.79 Å². The van der Waals surface area contributed by atoms with Gasteiger partial charge in [-0.05, 0) is 24.3 Å². The summed E-state index contributed by atoms with van der Waals surface area (Å²) in [6.45, 7) is 0. The lowest BCUT2D eigenvalue weighted by molar-refractivity contribution is -0.255. The molecule has 0 saturated heterocycles. The van der Waals surface area contributed by atoms with Gasteiger partial charge in [0.1, 0.15) is 11.4 Å². The summed E-state index contributed by atoms with van der Waals surface area (Å²) in [6, 6.07) is 12.1. The number of sulfonamides is 2. The number of hydrogen-bond donors (Lipinski definition) is 4. The molecule has 0 bridgehead atoms. The van der Waals surface area contributed by atoms with Crippen LogP contribution in [0.2, 0.25) is 0 Å². The van der Waals surface area contributed by atoms with E-state index in [2.05, 4.69) is 11.5 Å². The van der Waals surface area contributed by atoms with Crippen molar-refractivity contribution in [3.05, 3.63) is 48.5 Å². The fourth-order valence-corrected chi connectivity index (χ4v) is 2.39. The molecule has 0 amide bonds. The van der Waals surface area contributed by atoms with Crippen molar-refractivity contribution >= 4 is 41.8 Å². The molecule has 0 aliphatic rings. The summed E-state index contributed by atoms with van der Waals surface area (Å²) in [6.07, 6.45) is 0. The summed E-state index contributed by atoms with van der Waals surface area (Å²) in [5.74, 6) is 0.